The molecular formula is C14H22BrNOS. The Kier molecular flexibility index (Phi) is 7.79. The lowest BCUT2D eigenvalue weighted by Crippen LogP contribution is -2.15. The molecule has 1 aromatic rings. The van der Waals surface area contributed by atoms with E-state index in [0.29, 0.717) is 0 Å². The summed E-state index contributed by atoms with van der Waals surface area (Å²) in [6.45, 7) is 6.94. The quantitative estimate of drug-likeness (QED) is 0.727. The smallest absolute Gasteiger partial charge is 0.126 e. The molecule has 0 amide bonds. The van der Waals surface area contributed by atoms with Crippen molar-refractivity contribution >= 4 is 27.7 Å². The van der Waals surface area contributed by atoms with Crippen molar-refractivity contribution in [3.8, 4) is 5.75 Å². The monoisotopic (exact) mass is 331 g/mol. The highest BCUT2D eigenvalue weighted by Crippen LogP contribution is 2.28. The molecule has 1 rings (SSSR count). The van der Waals surface area contributed by atoms with Gasteiger partial charge >= 0.3 is 0 Å². The highest BCUT2D eigenvalue weighted by atomic mass is 79.9. The fraction of sp³-hybridized carbons (Fsp3) is 0.571. The lowest BCUT2D eigenvalue weighted by molar-refractivity contribution is 0.336. The van der Waals surface area contributed by atoms with E-state index in [1.807, 2.05) is 11.8 Å². The van der Waals surface area contributed by atoms with Crippen LogP contribution in [0.15, 0.2) is 16.6 Å². The van der Waals surface area contributed by atoms with Crippen LogP contribution in [-0.4, -0.2) is 25.2 Å². The van der Waals surface area contributed by atoms with Gasteiger partial charge in [0, 0.05) is 22.3 Å². The number of benzene rings is 1. The first-order valence-corrected chi connectivity index (χ1v) is 8.49. The second kappa shape index (κ2) is 8.83. The zero-order valence-corrected chi connectivity index (χ0v) is 13.8. The average molecular weight is 332 g/mol. The number of halogens is 1. The second-order valence-electron chi connectivity index (χ2n) is 4.23. The van der Waals surface area contributed by atoms with E-state index >= 15 is 0 Å². The van der Waals surface area contributed by atoms with Gasteiger partial charge in [-0.05, 0) is 43.8 Å². The molecule has 4 heteroatoms. The number of aryl methyl sites for hydroxylation is 1. The number of rotatable bonds is 8. The summed E-state index contributed by atoms with van der Waals surface area (Å²) in [6.07, 6.45) is 3.25. The minimum absolute atomic E-state index is 0.768. The van der Waals surface area contributed by atoms with Crippen LogP contribution >= 0.6 is 27.7 Å². The number of nitrogens with one attached hydrogen (secondary N) is 1. The molecule has 0 saturated heterocycles. The predicted molar refractivity (Wildman–Crippen MR) is 84.8 cm³/mol. The Morgan fingerprint density at radius 3 is 2.83 bits per heavy atom. The molecule has 0 aromatic heterocycles. The summed E-state index contributed by atoms with van der Waals surface area (Å²) in [5.74, 6) is 2.06. The third-order valence-corrected chi connectivity index (χ3v) is 3.63. The molecular weight excluding hydrogens is 310 g/mol. The molecule has 18 heavy (non-hydrogen) atoms. The molecule has 102 valence electrons. The Morgan fingerprint density at radius 1 is 1.39 bits per heavy atom. The van der Waals surface area contributed by atoms with E-state index in [1.54, 1.807) is 0 Å². The van der Waals surface area contributed by atoms with Crippen molar-refractivity contribution in [3.63, 3.8) is 0 Å². The lowest BCUT2D eigenvalue weighted by Gasteiger charge is -2.15. The molecule has 0 unspecified atom stereocenters. The van der Waals surface area contributed by atoms with E-state index < -0.39 is 0 Å². The molecule has 0 radical (unpaired) electrons. The molecule has 2 nitrogen and oxygen atoms in total. The van der Waals surface area contributed by atoms with Gasteiger partial charge in [0.05, 0.1) is 6.61 Å². The normalized spacial score (nSPS) is 10.7. The van der Waals surface area contributed by atoms with E-state index in [2.05, 4.69) is 53.5 Å². The fourth-order valence-corrected chi connectivity index (χ4v) is 2.63. The van der Waals surface area contributed by atoms with Gasteiger partial charge in [0.2, 0.25) is 0 Å². The molecule has 0 aliphatic heterocycles. The number of ether oxygens (including phenoxy) is 1. The van der Waals surface area contributed by atoms with Crippen LogP contribution in [0.4, 0.5) is 0 Å². The molecule has 1 aromatic carbocycles. The van der Waals surface area contributed by atoms with Crippen LogP contribution in [0, 0.1) is 6.92 Å². The van der Waals surface area contributed by atoms with Crippen LogP contribution in [-0.2, 0) is 6.54 Å². The number of thioether (sulfide) groups is 1. The van der Waals surface area contributed by atoms with Gasteiger partial charge in [-0.15, -0.1) is 0 Å². The van der Waals surface area contributed by atoms with Gasteiger partial charge in [0.25, 0.3) is 0 Å². The highest BCUT2D eigenvalue weighted by Gasteiger charge is 2.08. The molecule has 0 spiro atoms. The van der Waals surface area contributed by atoms with Crippen molar-refractivity contribution in [1.82, 2.24) is 5.32 Å². The van der Waals surface area contributed by atoms with Gasteiger partial charge in [-0.3, -0.25) is 0 Å². The second-order valence-corrected chi connectivity index (χ2v) is 6.13. The summed E-state index contributed by atoms with van der Waals surface area (Å²) in [4.78, 5) is 0. The predicted octanol–water partition coefficient (Wildman–Crippen LogP) is 4.00. The molecule has 0 atom stereocenters. The van der Waals surface area contributed by atoms with E-state index in [9.17, 15) is 0 Å². The topological polar surface area (TPSA) is 21.3 Å². The molecule has 1 N–H and O–H groups in total. The van der Waals surface area contributed by atoms with Crippen LogP contribution in [0.1, 0.15) is 24.5 Å². The highest BCUT2D eigenvalue weighted by molar-refractivity contribution is 9.10. The van der Waals surface area contributed by atoms with Crippen LogP contribution in [0.5, 0.6) is 5.75 Å². The summed E-state index contributed by atoms with van der Waals surface area (Å²) < 4.78 is 7.03. The van der Waals surface area contributed by atoms with Gasteiger partial charge < -0.3 is 10.1 Å². The first kappa shape index (κ1) is 15.9. The summed E-state index contributed by atoms with van der Waals surface area (Å²) in [6, 6.07) is 4.25. The molecule has 0 fully saturated rings. The summed E-state index contributed by atoms with van der Waals surface area (Å²) >= 11 is 5.36. The standard InChI is InChI=1S/C14H22BrNOS/c1-4-5-16-10-12-9-13(15)8-11(2)14(12)17-6-7-18-3/h8-9,16H,4-7,10H2,1-3H3. The van der Waals surface area contributed by atoms with Crippen LogP contribution < -0.4 is 10.1 Å². The molecule has 0 aliphatic carbocycles. The Labute approximate surface area is 123 Å². The Balaban J connectivity index is 2.76. The van der Waals surface area contributed by atoms with E-state index in [-0.39, 0.29) is 0 Å². The Morgan fingerprint density at radius 2 is 2.17 bits per heavy atom. The minimum atomic E-state index is 0.768. The van der Waals surface area contributed by atoms with Gasteiger partial charge in [0.15, 0.2) is 0 Å². The maximum absolute atomic E-state index is 5.91. The summed E-state index contributed by atoms with van der Waals surface area (Å²) in [5.41, 5.74) is 2.43. The zero-order chi connectivity index (χ0) is 13.4. The SMILES string of the molecule is CCCNCc1cc(Br)cc(C)c1OCCSC. The molecule has 0 heterocycles. The van der Waals surface area contributed by atoms with E-state index in [1.165, 1.54) is 11.1 Å². The third-order valence-electron chi connectivity index (χ3n) is 2.59. The van der Waals surface area contributed by atoms with Crippen molar-refractivity contribution in [2.75, 3.05) is 25.2 Å². The number of hydrogen-bond acceptors (Lipinski definition) is 3. The van der Waals surface area contributed by atoms with Crippen LogP contribution in [0.3, 0.4) is 0 Å². The molecule has 0 saturated carbocycles. The van der Waals surface area contributed by atoms with Gasteiger partial charge in [0.1, 0.15) is 5.75 Å². The molecule has 0 bridgehead atoms. The average Bonchev–Trinajstić information content (AvgIpc) is 2.32. The van der Waals surface area contributed by atoms with Crippen molar-refractivity contribution in [3.05, 3.63) is 27.7 Å². The van der Waals surface area contributed by atoms with Crippen molar-refractivity contribution in [1.29, 1.82) is 0 Å². The first-order valence-electron chi connectivity index (χ1n) is 6.30. The van der Waals surface area contributed by atoms with Crippen molar-refractivity contribution in [2.45, 2.75) is 26.8 Å². The van der Waals surface area contributed by atoms with Gasteiger partial charge in [-0.2, -0.15) is 11.8 Å². The third kappa shape index (κ3) is 5.21. The first-order chi connectivity index (χ1) is 8.69. The number of hydrogen-bond donors (Lipinski definition) is 1. The van der Waals surface area contributed by atoms with Crippen LogP contribution in [0.2, 0.25) is 0 Å². The zero-order valence-electron chi connectivity index (χ0n) is 11.4. The maximum atomic E-state index is 5.91. The van der Waals surface area contributed by atoms with E-state index in [0.717, 1.165) is 42.1 Å². The maximum Gasteiger partial charge on any atom is 0.126 e. The Bertz CT molecular complexity index is 371. The fourth-order valence-electron chi connectivity index (χ4n) is 1.76. The largest absolute Gasteiger partial charge is 0.492 e. The Hall–Kier alpha value is -0.190. The summed E-state index contributed by atoms with van der Waals surface area (Å²) in [5, 5.41) is 3.43. The van der Waals surface area contributed by atoms with Crippen molar-refractivity contribution < 1.29 is 4.74 Å². The van der Waals surface area contributed by atoms with Crippen LogP contribution in [0.25, 0.3) is 0 Å². The lowest BCUT2D eigenvalue weighted by atomic mass is 10.1. The van der Waals surface area contributed by atoms with Gasteiger partial charge in [-0.1, -0.05) is 22.9 Å². The minimum Gasteiger partial charge on any atom is -0.492 e. The van der Waals surface area contributed by atoms with Gasteiger partial charge in [-0.25, -0.2) is 0 Å². The van der Waals surface area contributed by atoms with E-state index in [4.69, 9.17) is 4.74 Å². The molecule has 0 aliphatic rings. The van der Waals surface area contributed by atoms with Crippen molar-refractivity contribution in [2.24, 2.45) is 0 Å². The summed E-state index contributed by atoms with van der Waals surface area (Å²) in [7, 11) is 0.